The van der Waals surface area contributed by atoms with Crippen LogP contribution in [0.1, 0.15) is 141 Å². The van der Waals surface area contributed by atoms with Crippen molar-refractivity contribution in [2.75, 3.05) is 0 Å². The van der Waals surface area contributed by atoms with Crippen LogP contribution in [-0.2, 0) is 23.0 Å². The fourth-order valence-electron chi connectivity index (χ4n) is 5.31. The van der Waals surface area contributed by atoms with Crippen LogP contribution in [0.2, 0.25) is 0 Å². The number of aromatic hydroxyl groups is 1. The van der Waals surface area contributed by atoms with Gasteiger partial charge in [-0.05, 0) is 55.0 Å². The van der Waals surface area contributed by atoms with Crippen molar-refractivity contribution in [3.05, 3.63) is 53.6 Å². The SMILES string of the molecule is CCCCCCCCCCCc1cccc(S(=O)(=O)Oc2cccc(O)c2)c1CCCCCCCCCCC. The van der Waals surface area contributed by atoms with E-state index in [-0.39, 0.29) is 16.4 Å². The van der Waals surface area contributed by atoms with Gasteiger partial charge in [-0.15, -0.1) is 0 Å². The van der Waals surface area contributed by atoms with E-state index in [9.17, 15) is 13.5 Å². The molecule has 0 fully saturated rings. The van der Waals surface area contributed by atoms with Crippen LogP contribution in [0.15, 0.2) is 47.4 Å². The maximum atomic E-state index is 13.4. The molecule has 1 N–H and O–H groups in total. The van der Waals surface area contributed by atoms with Gasteiger partial charge in [-0.1, -0.05) is 135 Å². The van der Waals surface area contributed by atoms with Gasteiger partial charge in [-0.3, -0.25) is 0 Å². The van der Waals surface area contributed by atoms with Gasteiger partial charge in [0.05, 0.1) is 0 Å². The Hall–Kier alpha value is -2.01. The van der Waals surface area contributed by atoms with E-state index < -0.39 is 10.1 Å². The zero-order valence-electron chi connectivity index (χ0n) is 24.8. The molecule has 0 aromatic heterocycles. The van der Waals surface area contributed by atoms with E-state index >= 15 is 0 Å². The third kappa shape index (κ3) is 13.8. The van der Waals surface area contributed by atoms with Gasteiger partial charge in [0, 0.05) is 6.07 Å². The quantitative estimate of drug-likeness (QED) is 0.109. The van der Waals surface area contributed by atoms with Crippen LogP contribution in [0.25, 0.3) is 0 Å². The maximum Gasteiger partial charge on any atom is 0.339 e. The molecule has 5 heteroatoms. The summed E-state index contributed by atoms with van der Waals surface area (Å²) in [6.07, 6.45) is 24.2. The Labute approximate surface area is 239 Å². The van der Waals surface area contributed by atoms with Crippen molar-refractivity contribution >= 4 is 10.1 Å². The second-order valence-electron chi connectivity index (χ2n) is 11.1. The Morgan fingerprint density at radius 1 is 0.615 bits per heavy atom. The molecule has 0 aliphatic carbocycles. The minimum atomic E-state index is -4.00. The zero-order valence-corrected chi connectivity index (χ0v) is 25.6. The fraction of sp³-hybridized carbons (Fsp3) is 0.647. The molecular weight excluding hydrogens is 504 g/mol. The number of phenolic OH excluding ortho intramolecular Hbond substituents is 1. The molecule has 0 aliphatic heterocycles. The number of phenols is 1. The van der Waals surface area contributed by atoms with E-state index in [1.165, 1.54) is 108 Å². The first-order chi connectivity index (χ1) is 19.0. The summed E-state index contributed by atoms with van der Waals surface area (Å²) >= 11 is 0. The number of benzene rings is 2. The van der Waals surface area contributed by atoms with Crippen LogP contribution >= 0.6 is 0 Å². The van der Waals surface area contributed by atoms with Gasteiger partial charge in [-0.2, -0.15) is 8.42 Å². The van der Waals surface area contributed by atoms with Gasteiger partial charge in [0.25, 0.3) is 0 Å². The average Bonchev–Trinajstić information content (AvgIpc) is 2.91. The highest BCUT2D eigenvalue weighted by molar-refractivity contribution is 7.87. The van der Waals surface area contributed by atoms with Gasteiger partial charge in [0.1, 0.15) is 16.4 Å². The highest BCUT2D eigenvalue weighted by atomic mass is 32.2. The first kappa shape index (κ1) is 33.2. The van der Waals surface area contributed by atoms with Crippen LogP contribution in [-0.4, -0.2) is 13.5 Å². The molecule has 0 spiro atoms. The molecule has 0 heterocycles. The lowest BCUT2D eigenvalue weighted by Crippen LogP contribution is -2.14. The number of rotatable bonds is 23. The van der Waals surface area contributed by atoms with E-state index in [2.05, 4.69) is 19.9 Å². The van der Waals surface area contributed by atoms with Crippen molar-refractivity contribution < 1.29 is 17.7 Å². The van der Waals surface area contributed by atoms with Crippen molar-refractivity contribution in [2.45, 2.75) is 147 Å². The lowest BCUT2D eigenvalue weighted by atomic mass is 9.96. The second-order valence-corrected chi connectivity index (χ2v) is 12.6. The predicted molar refractivity (Wildman–Crippen MR) is 164 cm³/mol. The summed E-state index contributed by atoms with van der Waals surface area (Å²) in [5.41, 5.74) is 2.05. The third-order valence-corrected chi connectivity index (χ3v) is 8.94. The zero-order chi connectivity index (χ0) is 28.2. The predicted octanol–water partition coefficient (Wildman–Crippen LogP) is 10.3. The van der Waals surface area contributed by atoms with E-state index in [1.54, 1.807) is 18.2 Å². The fourth-order valence-corrected chi connectivity index (χ4v) is 6.54. The highest BCUT2D eigenvalue weighted by Crippen LogP contribution is 2.28. The van der Waals surface area contributed by atoms with Crippen LogP contribution < -0.4 is 4.18 Å². The van der Waals surface area contributed by atoms with Crippen molar-refractivity contribution in [3.8, 4) is 11.5 Å². The molecule has 2 aromatic rings. The topological polar surface area (TPSA) is 63.6 Å². The highest BCUT2D eigenvalue weighted by Gasteiger charge is 2.23. The smallest absolute Gasteiger partial charge is 0.339 e. The van der Waals surface area contributed by atoms with E-state index in [4.69, 9.17) is 4.18 Å². The van der Waals surface area contributed by atoms with Gasteiger partial charge in [0.2, 0.25) is 0 Å². The van der Waals surface area contributed by atoms with E-state index in [0.717, 1.165) is 43.2 Å². The van der Waals surface area contributed by atoms with Crippen molar-refractivity contribution in [1.82, 2.24) is 0 Å². The molecule has 0 amide bonds. The molecule has 0 atom stereocenters. The van der Waals surface area contributed by atoms with Gasteiger partial charge in [0.15, 0.2) is 0 Å². The summed E-state index contributed by atoms with van der Waals surface area (Å²) in [6.45, 7) is 4.50. The Balaban J connectivity index is 1.99. The summed E-state index contributed by atoms with van der Waals surface area (Å²) in [5.74, 6) is 0.116. The lowest BCUT2D eigenvalue weighted by Gasteiger charge is -2.16. The molecule has 0 radical (unpaired) electrons. The largest absolute Gasteiger partial charge is 0.508 e. The molecule has 0 saturated carbocycles. The van der Waals surface area contributed by atoms with Crippen LogP contribution in [0.4, 0.5) is 0 Å². The third-order valence-electron chi connectivity index (χ3n) is 7.60. The standard InChI is InChI=1S/C34H54O4S/c1-3-5-7-9-11-13-15-17-19-23-30-24-21-28-34(39(36,37)38-32-26-22-25-31(35)29-32)33(30)27-20-18-16-14-12-10-8-6-4-2/h21-22,24-26,28-29,35H,3-20,23,27H2,1-2H3. The number of aryl methyl sites for hydroxylation is 1. The monoisotopic (exact) mass is 558 g/mol. The van der Waals surface area contributed by atoms with Gasteiger partial charge < -0.3 is 9.29 Å². The maximum absolute atomic E-state index is 13.4. The number of hydrogen-bond donors (Lipinski definition) is 1. The van der Waals surface area contributed by atoms with Crippen molar-refractivity contribution in [3.63, 3.8) is 0 Å². The molecule has 2 rings (SSSR count). The molecule has 4 nitrogen and oxygen atoms in total. The Kier molecular flexibility index (Phi) is 17.0. The normalized spacial score (nSPS) is 11.6. The summed E-state index contributed by atoms with van der Waals surface area (Å²) in [6, 6.07) is 11.6. The average molecular weight is 559 g/mol. The molecule has 0 saturated heterocycles. The summed E-state index contributed by atoms with van der Waals surface area (Å²) < 4.78 is 32.2. The second kappa shape index (κ2) is 20.0. The Bertz CT molecular complexity index is 1020. The summed E-state index contributed by atoms with van der Waals surface area (Å²) in [5, 5.41) is 9.76. The van der Waals surface area contributed by atoms with E-state index in [0.29, 0.717) is 0 Å². The van der Waals surface area contributed by atoms with Gasteiger partial charge in [-0.25, -0.2) is 0 Å². The minimum Gasteiger partial charge on any atom is -0.508 e. The van der Waals surface area contributed by atoms with Crippen LogP contribution in [0.5, 0.6) is 11.5 Å². The molecular formula is C34H54O4S. The molecule has 39 heavy (non-hydrogen) atoms. The molecule has 0 unspecified atom stereocenters. The molecule has 0 aliphatic rings. The first-order valence-electron chi connectivity index (χ1n) is 15.8. The van der Waals surface area contributed by atoms with E-state index in [1.807, 2.05) is 6.07 Å². The van der Waals surface area contributed by atoms with Crippen molar-refractivity contribution in [1.29, 1.82) is 0 Å². The molecule has 0 bridgehead atoms. The summed E-state index contributed by atoms with van der Waals surface area (Å²) in [4.78, 5) is 0.277. The first-order valence-corrected chi connectivity index (χ1v) is 17.2. The number of unbranched alkanes of at least 4 members (excludes halogenated alkanes) is 16. The van der Waals surface area contributed by atoms with Crippen LogP contribution in [0, 0.1) is 0 Å². The lowest BCUT2D eigenvalue weighted by molar-refractivity contribution is 0.463. The van der Waals surface area contributed by atoms with Crippen LogP contribution in [0.3, 0.4) is 0 Å². The molecule has 220 valence electrons. The van der Waals surface area contributed by atoms with Gasteiger partial charge >= 0.3 is 10.1 Å². The van der Waals surface area contributed by atoms with Crippen molar-refractivity contribution in [2.24, 2.45) is 0 Å². The number of hydrogen-bond acceptors (Lipinski definition) is 4. The Morgan fingerprint density at radius 2 is 1.10 bits per heavy atom. The Morgan fingerprint density at radius 3 is 1.64 bits per heavy atom. The minimum absolute atomic E-state index is 0.0169. The summed E-state index contributed by atoms with van der Waals surface area (Å²) in [7, 11) is -4.00. The molecule has 2 aromatic carbocycles.